The van der Waals surface area contributed by atoms with Crippen molar-refractivity contribution >= 4 is 17.9 Å². The molecule has 3 N–H and O–H groups in total. The molecular formula is C11H21N3O4. The Balaban J connectivity index is 4.66. The minimum Gasteiger partial charge on any atom is -0.480 e. The predicted octanol–water partition coefficient (Wildman–Crippen LogP) is 0.0172. The van der Waals surface area contributed by atoms with Crippen molar-refractivity contribution in [3.05, 3.63) is 0 Å². The Labute approximate surface area is 107 Å². The van der Waals surface area contributed by atoms with Gasteiger partial charge >= 0.3 is 12.0 Å². The van der Waals surface area contributed by atoms with E-state index in [0.717, 1.165) is 0 Å². The molecule has 7 nitrogen and oxygen atoms in total. The highest BCUT2D eigenvalue weighted by Crippen LogP contribution is 2.04. The molecule has 0 aromatic carbocycles. The molecule has 7 heteroatoms. The van der Waals surface area contributed by atoms with Crippen LogP contribution in [0.25, 0.3) is 0 Å². The number of carboxylic acids is 1. The van der Waals surface area contributed by atoms with Crippen LogP contribution in [0.3, 0.4) is 0 Å². The Kier molecular flexibility index (Phi) is 6.15. The van der Waals surface area contributed by atoms with E-state index in [2.05, 4.69) is 10.6 Å². The molecule has 0 aromatic rings. The number of carbonyl (C=O) groups excluding carboxylic acids is 2. The van der Waals surface area contributed by atoms with E-state index in [1.165, 1.54) is 25.8 Å². The maximum atomic E-state index is 11.9. The fraction of sp³-hybridized carbons (Fsp3) is 0.727. The molecule has 3 amide bonds. The summed E-state index contributed by atoms with van der Waals surface area (Å²) in [5.74, 6) is -1.43. The zero-order valence-corrected chi connectivity index (χ0v) is 11.2. The van der Waals surface area contributed by atoms with Crippen LogP contribution in [0.2, 0.25) is 0 Å². The van der Waals surface area contributed by atoms with E-state index < -0.39 is 17.5 Å². The van der Waals surface area contributed by atoms with Gasteiger partial charge in [0.1, 0.15) is 12.1 Å². The number of aliphatic carboxylic acids is 1. The van der Waals surface area contributed by atoms with Crippen molar-refractivity contribution in [3.63, 3.8) is 0 Å². The fourth-order valence-electron chi connectivity index (χ4n) is 1.17. The van der Waals surface area contributed by atoms with Gasteiger partial charge in [-0.05, 0) is 20.3 Å². The molecule has 104 valence electrons. The predicted molar refractivity (Wildman–Crippen MR) is 66.2 cm³/mol. The van der Waals surface area contributed by atoms with E-state index in [4.69, 9.17) is 5.11 Å². The lowest BCUT2D eigenvalue weighted by Gasteiger charge is -2.27. The van der Waals surface area contributed by atoms with Gasteiger partial charge in [0, 0.05) is 13.6 Å². The molecule has 0 aliphatic heterocycles. The van der Waals surface area contributed by atoms with Gasteiger partial charge in [-0.15, -0.1) is 0 Å². The highest BCUT2D eigenvalue weighted by molar-refractivity contribution is 5.88. The third-order valence-corrected chi connectivity index (χ3v) is 2.35. The second-order valence-electron chi connectivity index (χ2n) is 4.46. The zero-order chi connectivity index (χ0) is 14.3. The summed E-state index contributed by atoms with van der Waals surface area (Å²) in [6, 6.07) is -0.562. The Bertz CT molecular complexity index is 328. The van der Waals surface area contributed by atoms with Crippen molar-refractivity contribution in [2.45, 2.75) is 32.7 Å². The quantitative estimate of drug-likeness (QED) is 0.626. The van der Waals surface area contributed by atoms with Crippen LogP contribution >= 0.6 is 0 Å². The van der Waals surface area contributed by atoms with E-state index in [0.29, 0.717) is 13.0 Å². The number of hydrogen-bond acceptors (Lipinski definition) is 3. The van der Waals surface area contributed by atoms with Gasteiger partial charge in [-0.3, -0.25) is 4.79 Å². The summed E-state index contributed by atoms with van der Waals surface area (Å²) >= 11 is 0. The number of nitrogens with zero attached hydrogens (tertiary/aromatic N) is 1. The molecule has 0 unspecified atom stereocenters. The lowest BCUT2D eigenvalue weighted by Crippen LogP contribution is -2.55. The molecule has 0 heterocycles. The number of hydrogen-bond donors (Lipinski definition) is 3. The van der Waals surface area contributed by atoms with Gasteiger partial charge in [0.05, 0.1) is 0 Å². The first-order valence-electron chi connectivity index (χ1n) is 5.75. The van der Waals surface area contributed by atoms with Crippen LogP contribution in [0.4, 0.5) is 4.79 Å². The second kappa shape index (κ2) is 6.83. The summed E-state index contributed by atoms with van der Waals surface area (Å²) < 4.78 is 0. The van der Waals surface area contributed by atoms with E-state index in [9.17, 15) is 14.4 Å². The number of amides is 3. The molecule has 0 saturated carbocycles. The van der Waals surface area contributed by atoms with Crippen LogP contribution in [0.5, 0.6) is 0 Å². The van der Waals surface area contributed by atoms with Crippen LogP contribution in [-0.2, 0) is 9.59 Å². The molecule has 0 bridgehead atoms. The van der Waals surface area contributed by atoms with E-state index in [1.807, 2.05) is 6.92 Å². The molecule has 0 spiro atoms. The van der Waals surface area contributed by atoms with Gasteiger partial charge in [0.25, 0.3) is 0 Å². The number of likely N-dealkylation sites (N-methyl/N-ethyl adjacent to an activating group) is 1. The van der Waals surface area contributed by atoms with Gasteiger partial charge in [-0.1, -0.05) is 6.92 Å². The standard InChI is InChI=1S/C11H21N3O4/c1-5-6-14(7-8(15)12-4)10(18)13-11(2,3)9(16)17/h5-7H2,1-4H3,(H,12,15)(H,13,18)(H,16,17). The molecule has 18 heavy (non-hydrogen) atoms. The first-order valence-corrected chi connectivity index (χ1v) is 5.75. The summed E-state index contributed by atoms with van der Waals surface area (Å²) in [5.41, 5.74) is -1.37. The summed E-state index contributed by atoms with van der Waals surface area (Å²) in [5, 5.41) is 13.7. The molecule has 0 aliphatic carbocycles. The molecule has 0 rings (SSSR count). The summed E-state index contributed by atoms with van der Waals surface area (Å²) in [6.07, 6.45) is 0.678. The van der Waals surface area contributed by atoms with Crippen LogP contribution < -0.4 is 10.6 Å². The Hall–Kier alpha value is -1.79. The van der Waals surface area contributed by atoms with Gasteiger partial charge in [-0.25, -0.2) is 9.59 Å². The van der Waals surface area contributed by atoms with Crippen LogP contribution in [-0.4, -0.2) is 53.6 Å². The molecule has 0 aromatic heterocycles. The van der Waals surface area contributed by atoms with E-state index in [-0.39, 0.29) is 12.5 Å². The number of carboxylic acid groups (broad SMARTS) is 1. The maximum Gasteiger partial charge on any atom is 0.328 e. The first kappa shape index (κ1) is 16.2. The van der Waals surface area contributed by atoms with Crippen molar-refractivity contribution in [2.24, 2.45) is 0 Å². The largest absolute Gasteiger partial charge is 0.480 e. The third-order valence-electron chi connectivity index (χ3n) is 2.35. The van der Waals surface area contributed by atoms with E-state index >= 15 is 0 Å². The molecule has 0 atom stereocenters. The van der Waals surface area contributed by atoms with Crippen molar-refractivity contribution in [3.8, 4) is 0 Å². The van der Waals surface area contributed by atoms with Crippen molar-refractivity contribution < 1.29 is 19.5 Å². The Morgan fingerprint density at radius 3 is 2.22 bits per heavy atom. The number of nitrogens with one attached hydrogen (secondary N) is 2. The SMILES string of the molecule is CCCN(CC(=O)NC)C(=O)NC(C)(C)C(=O)O. The minimum atomic E-state index is -1.37. The molecule has 0 fully saturated rings. The molecule has 0 radical (unpaired) electrons. The van der Waals surface area contributed by atoms with Crippen LogP contribution in [0.1, 0.15) is 27.2 Å². The number of rotatable bonds is 6. The monoisotopic (exact) mass is 259 g/mol. The molecule has 0 aliphatic rings. The van der Waals surface area contributed by atoms with Crippen LogP contribution in [0, 0.1) is 0 Å². The summed E-state index contributed by atoms with van der Waals surface area (Å²) in [4.78, 5) is 35.3. The normalized spacial score (nSPS) is 10.7. The van der Waals surface area contributed by atoms with Crippen molar-refractivity contribution in [2.75, 3.05) is 20.1 Å². The Morgan fingerprint density at radius 2 is 1.83 bits per heavy atom. The van der Waals surface area contributed by atoms with Crippen molar-refractivity contribution in [1.82, 2.24) is 15.5 Å². The number of carbonyl (C=O) groups is 3. The minimum absolute atomic E-state index is 0.0914. The van der Waals surface area contributed by atoms with Gasteiger partial charge in [0.2, 0.25) is 5.91 Å². The molecular weight excluding hydrogens is 238 g/mol. The Morgan fingerprint density at radius 1 is 1.28 bits per heavy atom. The summed E-state index contributed by atoms with van der Waals surface area (Å²) in [7, 11) is 1.48. The second-order valence-corrected chi connectivity index (χ2v) is 4.46. The topological polar surface area (TPSA) is 98.7 Å². The number of urea groups is 1. The average molecular weight is 259 g/mol. The van der Waals surface area contributed by atoms with Gasteiger partial charge in [-0.2, -0.15) is 0 Å². The van der Waals surface area contributed by atoms with Crippen LogP contribution in [0.15, 0.2) is 0 Å². The molecule has 0 saturated heterocycles. The average Bonchev–Trinajstić information content (AvgIpc) is 2.27. The summed E-state index contributed by atoms with van der Waals surface area (Å²) in [6.45, 7) is 4.93. The first-order chi connectivity index (χ1) is 8.24. The lowest BCUT2D eigenvalue weighted by atomic mass is 10.1. The van der Waals surface area contributed by atoms with E-state index in [1.54, 1.807) is 0 Å². The maximum absolute atomic E-state index is 11.9. The smallest absolute Gasteiger partial charge is 0.328 e. The van der Waals surface area contributed by atoms with Gasteiger partial charge in [0.15, 0.2) is 0 Å². The fourth-order valence-corrected chi connectivity index (χ4v) is 1.17. The highest BCUT2D eigenvalue weighted by Gasteiger charge is 2.31. The highest BCUT2D eigenvalue weighted by atomic mass is 16.4. The van der Waals surface area contributed by atoms with Crippen molar-refractivity contribution in [1.29, 1.82) is 0 Å². The van der Waals surface area contributed by atoms with Gasteiger partial charge < -0.3 is 20.6 Å². The third kappa shape index (κ3) is 5.03. The lowest BCUT2D eigenvalue weighted by molar-refractivity contribution is -0.143. The zero-order valence-electron chi connectivity index (χ0n) is 11.2.